The van der Waals surface area contributed by atoms with Crippen molar-refractivity contribution in [1.82, 2.24) is 4.98 Å². The lowest BCUT2D eigenvalue weighted by atomic mass is 9.83. The lowest BCUT2D eigenvalue weighted by Crippen LogP contribution is -2.47. The molecule has 0 aliphatic carbocycles. The Hall–Kier alpha value is -3.78. The van der Waals surface area contributed by atoms with Gasteiger partial charge in [0.2, 0.25) is 11.8 Å². The number of hydrogen-bond acceptors (Lipinski definition) is 5. The Balaban J connectivity index is 1.51. The average Bonchev–Trinajstić information content (AvgIpc) is 3.26. The van der Waals surface area contributed by atoms with E-state index in [1.165, 1.54) is 23.5 Å². The van der Waals surface area contributed by atoms with Crippen molar-refractivity contribution in [3.63, 3.8) is 0 Å². The highest BCUT2D eigenvalue weighted by Gasteiger charge is 2.41. The van der Waals surface area contributed by atoms with Crippen molar-refractivity contribution >= 4 is 44.2 Å². The van der Waals surface area contributed by atoms with Crippen LogP contribution in [0, 0.1) is 11.7 Å². The number of amides is 2. The third kappa shape index (κ3) is 4.24. The van der Waals surface area contributed by atoms with Crippen LogP contribution in [0.4, 0.5) is 15.2 Å². The third-order valence-corrected chi connectivity index (χ3v) is 6.97. The van der Waals surface area contributed by atoms with Crippen LogP contribution in [-0.4, -0.2) is 23.9 Å². The Morgan fingerprint density at radius 1 is 1.09 bits per heavy atom. The van der Waals surface area contributed by atoms with E-state index >= 15 is 0 Å². The predicted octanol–water partition coefficient (Wildman–Crippen LogP) is 5.57. The van der Waals surface area contributed by atoms with Gasteiger partial charge in [0.05, 0.1) is 29.3 Å². The van der Waals surface area contributed by atoms with Gasteiger partial charge in [-0.25, -0.2) is 9.37 Å². The van der Waals surface area contributed by atoms with Crippen molar-refractivity contribution < 1.29 is 18.7 Å². The zero-order chi connectivity index (χ0) is 23.7. The number of nitrogens with zero attached hydrogens (tertiary/aromatic N) is 2. The summed E-state index contributed by atoms with van der Waals surface area (Å²) in [5.74, 6) is -0.575. The first-order valence-corrected chi connectivity index (χ1v) is 11.7. The minimum absolute atomic E-state index is 0.0940. The maximum Gasteiger partial charge on any atom is 0.231 e. The van der Waals surface area contributed by atoms with Crippen LogP contribution in [0.3, 0.4) is 0 Å². The Kier molecular flexibility index (Phi) is 5.98. The van der Waals surface area contributed by atoms with Crippen LogP contribution < -0.4 is 15.0 Å². The number of fused-ring (bicyclic) bond motifs is 1. The van der Waals surface area contributed by atoms with E-state index < -0.39 is 12.0 Å². The van der Waals surface area contributed by atoms with Crippen LogP contribution >= 0.6 is 11.3 Å². The number of thiazole rings is 1. The fraction of sp³-hybridized carbons (Fsp3) is 0.192. The van der Waals surface area contributed by atoms with E-state index in [0.29, 0.717) is 28.6 Å². The van der Waals surface area contributed by atoms with E-state index in [4.69, 9.17) is 4.74 Å². The molecule has 1 aliphatic rings. The minimum atomic E-state index is -0.593. The Bertz CT molecular complexity index is 1300. The molecule has 5 rings (SSSR count). The SMILES string of the molecule is COc1ccc(N2C(=O)CCC(C(=O)Nc3nc4ccccc4s3)C2c2ccc(F)cc2)cc1. The summed E-state index contributed by atoms with van der Waals surface area (Å²) < 4.78 is 19.9. The summed E-state index contributed by atoms with van der Waals surface area (Å²) in [4.78, 5) is 32.8. The number of hydrogen-bond donors (Lipinski definition) is 1. The summed E-state index contributed by atoms with van der Waals surface area (Å²) in [5.41, 5.74) is 2.16. The van der Waals surface area contributed by atoms with Crippen LogP contribution in [0.5, 0.6) is 5.75 Å². The largest absolute Gasteiger partial charge is 0.497 e. The van der Waals surface area contributed by atoms with Crippen LogP contribution in [0.1, 0.15) is 24.4 Å². The molecule has 2 atom stereocenters. The van der Waals surface area contributed by atoms with Gasteiger partial charge in [0.25, 0.3) is 0 Å². The number of ether oxygens (including phenoxy) is 1. The number of carbonyl (C=O) groups excluding carboxylic acids is 2. The van der Waals surface area contributed by atoms with Crippen molar-refractivity contribution in [1.29, 1.82) is 0 Å². The zero-order valence-electron chi connectivity index (χ0n) is 18.4. The molecule has 4 aromatic rings. The maximum absolute atomic E-state index is 13.7. The molecule has 2 amide bonds. The number of para-hydroxylation sites is 1. The van der Waals surface area contributed by atoms with Gasteiger partial charge in [0, 0.05) is 12.1 Å². The number of piperidine rings is 1. The summed E-state index contributed by atoms with van der Waals surface area (Å²) in [5, 5.41) is 3.46. The number of methoxy groups -OCH3 is 1. The minimum Gasteiger partial charge on any atom is -0.497 e. The molecule has 0 radical (unpaired) electrons. The summed E-state index contributed by atoms with van der Waals surface area (Å²) in [6, 6.07) is 20.2. The molecule has 1 aliphatic heterocycles. The van der Waals surface area contributed by atoms with Gasteiger partial charge in [-0.05, 0) is 60.5 Å². The molecule has 0 bridgehead atoms. The van der Waals surface area contributed by atoms with Gasteiger partial charge in [-0.1, -0.05) is 35.6 Å². The van der Waals surface area contributed by atoms with Gasteiger partial charge in [0.15, 0.2) is 5.13 Å². The number of nitrogens with one attached hydrogen (secondary N) is 1. The number of anilines is 2. The van der Waals surface area contributed by atoms with Gasteiger partial charge in [-0.15, -0.1) is 0 Å². The number of halogens is 1. The standard InChI is InChI=1S/C26H22FN3O3S/c1-33-19-12-10-18(11-13-19)30-23(31)15-14-20(24(30)16-6-8-17(27)9-7-16)25(32)29-26-28-21-4-2-3-5-22(21)34-26/h2-13,20,24H,14-15H2,1H3,(H,28,29,32). The highest BCUT2D eigenvalue weighted by molar-refractivity contribution is 7.22. The summed E-state index contributed by atoms with van der Waals surface area (Å²) >= 11 is 1.40. The van der Waals surface area contributed by atoms with E-state index in [1.807, 2.05) is 24.3 Å². The smallest absolute Gasteiger partial charge is 0.231 e. The second-order valence-corrected chi connectivity index (χ2v) is 9.11. The van der Waals surface area contributed by atoms with Crippen molar-refractivity contribution in [2.75, 3.05) is 17.3 Å². The Morgan fingerprint density at radius 2 is 1.82 bits per heavy atom. The number of benzene rings is 3. The molecule has 34 heavy (non-hydrogen) atoms. The van der Waals surface area contributed by atoms with Gasteiger partial charge in [0.1, 0.15) is 11.6 Å². The molecule has 0 spiro atoms. The molecular weight excluding hydrogens is 453 g/mol. The monoisotopic (exact) mass is 475 g/mol. The summed E-state index contributed by atoms with van der Waals surface area (Å²) in [6.45, 7) is 0. The fourth-order valence-electron chi connectivity index (χ4n) is 4.38. The van der Waals surface area contributed by atoms with Gasteiger partial charge >= 0.3 is 0 Å². The Morgan fingerprint density at radius 3 is 2.53 bits per heavy atom. The molecule has 3 aromatic carbocycles. The van der Waals surface area contributed by atoms with Crippen LogP contribution in [-0.2, 0) is 9.59 Å². The summed E-state index contributed by atoms with van der Waals surface area (Å²) in [6.07, 6.45) is 0.603. The molecule has 8 heteroatoms. The predicted molar refractivity (Wildman–Crippen MR) is 131 cm³/mol. The number of carbonyl (C=O) groups is 2. The second-order valence-electron chi connectivity index (χ2n) is 8.08. The lowest BCUT2D eigenvalue weighted by Gasteiger charge is -2.40. The van der Waals surface area contributed by atoms with Gasteiger partial charge in [-0.3, -0.25) is 9.59 Å². The highest BCUT2D eigenvalue weighted by atomic mass is 32.1. The molecule has 172 valence electrons. The molecule has 2 heterocycles. The molecule has 1 N–H and O–H groups in total. The second kappa shape index (κ2) is 9.23. The van der Waals surface area contributed by atoms with Crippen molar-refractivity contribution in [2.45, 2.75) is 18.9 Å². The summed E-state index contributed by atoms with van der Waals surface area (Å²) in [7, 11) is 1.57. The first-order chi connectivity index (χ1) is 16.5. The lowest BCUT2D eigenvalue weighted by molar-refractivity contribution is -0.125. The molecule has 2 unspecified atom stereocenters. The van der Waals surface area contributed by atoms with Gasteiger partial charge < -0.3 is 15.0 Å². The molecular formula is C26H22FN3O3S. The number of rotatable bonds is 5. The maximum atomic E-state index is 13.7. The van der Waals surface area contributed by atoms with E-state index in [9.17, 15) is 14.0 Å². The fourth-order valence-corrected chi connectivity index (χ4v) is 5.25. The molecule has 6 nitrogen and oxygen atoms in total. The van der Waals surface area contributed by atoms with Crippen molar-refractivity contribution in [3.8, 4) is 5.75 Å². The van der Waals surface area contributed by atoms with E-state index in [0.717, 1.165) is 10.2 Å². The number of aromatic nitrogens is 1. The average molecular weight is 476 g/mol. The topological polar surface area (TPSA) is 71.5 Å². The normalized spacial score (nSPS) is 18.2. The van der Waals surface area contributed by atoms with E-state index in [-0.39, 0.29) is 24.1 Å². The highest BCUT2D eigenvalue weighted by Crippen LogP contribution is 2.41. The van der Waals surface area contributed by atoms with E-state index in [2.05, 4.69) is 10.3 Å². The molecule has 1 aromatic heterocycles. The first-order valence-electron chi connectivity index (χ1n) is 10.9. The first kappa shape index (κ1) is 22.0. The quantitative estimate of drug-likeness (QED) is 0.410. The van der Waals surface area contributed by atoms with Crippen molar-refractivity contribution in [3.05, 3.63) is 84.2 Å². The van der Waals surface area contributed by atoms with Crippen LogP contribution in [0.15, 0.2) is 72.8 Å². The Labute approximate surface area is 200 Å². The zero-order valence-corrected chi connectivity index (χ0v) is 19.2. The van der Waals surface area contributed by atoms with E-state index in [1.54, 1.807) is 48.4 Å². The molecule has 1 fully saturated rings. The van der Waals surface area contributed by atoms with Crippen LogP contribution in [0.2, 0.25) is 0 Å². The van der Waals surface area contributed by atoms with Crippen LogP contribution in [0.25, 0.3) is 10.2 Å². The molecule has 1 saturated heterocycles. The van der Waals surface area contributed by atoms with Crippen molar-refractivity contribution in [2.24, 2.45) is 5.92 Å². The van der Waals surface area contributed by atoms with Gasteiger partial charge in [-0.2, -0.15) is 0 Å². The third-order valence-electron chi connectivity index (χ3n) is 6.02. The molecule has 0 saturated carbocycles.